The Hall–Kier alpha value is -0.580. The molecule has 3 atom stereocenters. The lowest BCUT2D eigenvalue weighted by atomic mass is 9.79. The van der Waals surface area contributed by atoms with Gasteiger partial charge in [0.2, 0.25) is 0 Å². The van der Waals surface area contributed by atoms with Gasteiger partial charge < -0.3 is 10.1 Å². The van der Waals surface area contributed by atoms with E-state index in [9.17, 15) is 4.39 Å². The predicted octanol–water partition coefficient (Wildman–Crippen LogP) is 3.70. The first-order valence-electron chi connectivity index (χ1n) is 7.78. The first-order chi connectivity index (χ1) is 10.1. The van der Waals surface area contributed by atoms with E-state index >= 15 is 0 Å². The van der Waals surface area contributed by atoms with Gasteiger partial charge in [-0.2, -0.15) is 11.8 Å². The van der Waals surface area contributed by atoms with Crippen molar-refractivity contribution in [2.24, 2.45) is 5.92 Å². The van der Waals surface area contributed by atoms with E-state index in [2.05, 4.69) is 11.4 Å². The fourth-order valence-electron chi connectivity index (χ4n) is 3.83. The molecule has 3 unspecified atom stereocenters. The van der Waals surface area contributed by atoms with Gasteiger partial charge >= 0.3 is 0 Å². The van der Waals surface area contributed by atoms with Gasteiger partial charge in [-0.15, -0.1) is 0 Å². The van der Waals surface area contributed by atoms with Crippen molar-refractivity contribution in [3.05, 3.63) is 35.1 Å². The van der Waals surface area contributed by atoms with Crippen LogP contribution >= 0.6 is 11.8 Å². The second kappa shape index (κ2) is 6.27. The second-order valence-corrected chi connectivity index (χ2v) is 7.52. The molecule has 1 spiro atoms. The molecule has 2 nitrogen and oxygen atoms in total. The molecular formula is C17H24FNOS. The maximum atomic E-state index is 13.7. The minimum atomic E-state index is -0.136. The zero-order chi connectivity index (χ0) is 14.9. The molecular weight excluding hydrogens is 285 g/mol. The van der Waals surface area contributed by atoms with Crippen LogP contribution in [0.4, 0.5) is 4.39 Å². The van der Waals surface area contributed by atoms with Crippen LogP contribution in [0, 0.1) is 18.7 Å². The van der Waals surface area contributed by atoms with Gasteiger partial charge in [-0.05, 0) is 68.2 Å². The Bertz CT molecular complexity index is 481. The van der Waals surface area contributed by atoms with Gasteiger partial charge in [-0.3, -0.25) is 0 Å². The molecule has 0 radical (unpaired) electrons. The van der Waals surface area contributed by atoms with Crippen molar-refractivity contribution in [1.29, 1.82) is 0 Å². The number of nitrogens with one attached hydrogen (secondary N) is 1. The summed E-state index contributed by atoms with van der Waals surface area (Å²) in [5.41, 5.74) is 2.14. The number of ether oxygens (including phenoxy) is 1. The monoisotopic (exact) mass is 309 g/mol. The quantitative estimate of drug-likeness (QED) is 0.920. The van der Waals surface area contributed by atoms with Crippen molar-refractivity contribution in [3.63, 3.8) is 0 Å². The van der Waals surface area contributed by atoms with Crippen molar-refractivity contribution >= 4 is 11.8 Å². The van der Waals surface area contributed by atoms with Crippen LogP contribution in [0.25, 0.3) is 0 Å². The Labute approximate surface area is 130 Å². The fourth-order valence-corrected chi connectivity index (χ4v) is 5.21. The number of benzene rings is 1. The van der Waals surface area contributed by atoms with Gasteiger partial charge in [0, 0.05) is 18.4 Å². The standard InChI is InChI=1S/C17H24FNOS/c1-12-7-14(9-15(18)8-12)16(19-2)13-3-5-20-17(10-13)4-6-21-11-17/h7-9,13,16,19H,3-6,10-11H2,1-2H3. The largest absolute Gasteiger partial charge is 0.374 e. The molecule has 1 aromatic rings. The lowest BCUT2D eigenvalue weighted by Crippen LogP contribution is -2.43. The highest BCUT2D eigenvalue weighted by Gasteiger charge is 2.42. The summed E-state index contributed by atoms with van der Waals surface area (Å²) in [6.07, 6.45) is 3.29. The zero-order valence-corrected chi connectivity index (χ0v) is 13.6. The minimum absolute atomic E-state index is 0.0745. The number of thioether (sulfide) groups is 1. The summed E-state index contributed by atoms with van der Waals surface area (Å²) in [5.74, 6) is 2.70. The molecule has 0 bridgehead atoms. The zero-order valence-electron chi connectivity index (χ0n) is 12.8. The van der Waals surface area contributed by atoms with Crippen LogP contribution in [0.5, 0.6) is 0 Å². The molecule has 0 aliphatic carbocycles. The van der Waals surface area contributed by atoms with Gasteiger partial charge in [0.25, 0.3) is 0 Å². The van der Waals surface area contributed by atoms with Crippen LogP contribution in [0.3, 0.4) is 0 Å². The number of hydrogen-bond acceptors (Lipinski definition) is 3. The average Bonchev–Trinajstić information content (AvgIpc) is 2.86. The highest BCUT2D eigenvalue weighted by Crippen LogP contribution is 2.44. The lowest BCUT2D eigenvalue weighted by molar-refractivity contribution is -0.0850. The predicted molar refractivity (Wildman–Crippen MR) is 86.3 cm³/mol. The van der Waals surface area contributed by atoms with Crippen LogP contribution in [-0.2, 0) is 4.74 Å². The molecule has 2 aliphatic rings. The van der Waals surface area contributed by atoms with E-state index in [-0.39, 0.29) is 17.5 Å². The van der Waals surface area contributed by atoms with E-state index in [1.54, 1.807) is 12.1 Å². The molecule has 1 aromatic carbocycles. The van der Waals surface area contributed by atoms with Crippen LogP contribution < -0.4 is 5.32 Å². The normalized spacial score (nSPS) is 30.7. The molecule has 3 rings (SSSR count). The summed E-state index contributed by atoms with van der Waals surface area (Å²) in [6.45, 7) is 2.79. The molecule has 4 heteroatoms. The summed E-state index contributed by atoms with van der Waals surface area (Å²) in [7, 11) is 1.98. The van der Waals surface area contributed by atoms with Crippen LogP contribution in [0.1, 0.15) is 36.4 Å². The van der Waals surface area contributed by atoms with Gasteiger partial charge in [0.05, 0.1) is 5.60 Å². The molecule has 2 saturated heterocycles. The Morgan fingerprint density at radius 3 is 2.95 bits per heavy atom. The molecule has 2 fully saturated rings. The van der Waals surface area contributed by atoms with Gasteiger partial charge in [0.15, 0.2) is 0 Å². The lowest BCUT2D eigenvalue weighted by Gasteiger charge is -2.41. The van der Waals surface area contributed by atoms with E-state index in [1.165, 1.54) is 5.75 Å². The average molecular weight is 309 g/mol. The number of halogens is 1. The van der Waals surface area contributed by atoms with Crippen LogP contribution in [0.15, 0.2) is 18.2 Å². The van der Waals surface area contributed by atoms with Gasteiger partial charge in [-0.25, -0.2) is 4.39 Å². The molecule has 1 N–H and O–H groups in total. The first kappa shape index (κ1) is 15.3. The molecule has 0 saturated carbocycles. The molecule has 21 heavy (non-hydrogen) atoms. The van der Waals surface area contributed by atoms with Crippen LogP contribution in [0.2, 0.25) is 0 Å². The third kappa shape index (κ3) is 3.27. The summed E-state index contributed by atoms with van der Waals surface area (Å²) in [6, 6.07) is 5.59. The van der Waals surface area contributed by atoms with E-state index < -0.39 is 0 Å². The molecule has 116 valence electrons. The van der Waals surface area contributed by atoms with E-state index in [4.69, 9.17) is 4.74 Å². The SMILES string of the molecule is CNC(c1cc(C)cc(F)c1)C1CCOC2(CCSC2)C1. The van der Waals surface area contributed by atoms with Gasteiger partial charge in [-0.1, -0.05) is 6.07 Å². The summed E-state index contributed by atoms with van der Waals surface area (Å²) >= 11 is 2.00. The summed E-state index contributed by atoms with van der Waals surface area (Å²) in [5, 5.41) is 3.42. The maximum absolute atomic E-state index is 13.7. The first-order valence-corrected chi connectivity index (χ1v) is 8.93. The molecule has 2 heterocycles. The third-order valence-electron chi connectivity index (χ3n) is 4.80. The van der Waals surface area contributed by atoms with Crippen molar-refractivity contribution in [1.82, 2.24) is 5.32 Å². The molecule has 0 amide bonds. The Balaban J connectivity index is 1.82. The topological polar surface area (TPSA) is 21.3 Å². The van der Waals surface area contributed by atoms with E-state index in [1.807, 2.05) is 25.7 Å². The molecule has 0 aromatic heterocycles. The smallest absolute Gasteiger partial charge is 0.123 e. The van der Waals surface area contributed by atoms with Crippen molar-refractivity contribution < 1.29 is 9.13 Å². The second-order valence-electron chi connectivity index (χ2n) is 6.42. The van der Waals surface area contributed by atoms with Crippen molar-refractivity contribution in [3.8, 4) is 0 Å². The Kier molecular flexibility index (Phi) is 4.57. The third-order valence-corrected chi connectivity index (χ3v) is 6.03. The highest BCUT2D eigenvalue weighted by atomic mass is 32.2. The Morgan fingerprint density at radius 1 is 1.43 bits per heavy atom. The summed E-state index contributed by atoms with van der Waals surface area (Å²) < 4.78 is 19.8. The van der Waals surface area contributed by atoms with E-state index in [0.29, 0.717) is 5.92 Å². The van der Waals surface area contributed by atoms with E-state index in [0.717, 1.165) is 42.7 Å². The number of hydrogen-bond donors (Lipinski definition) is 1. The summed E-state index contributed by atoms with van der Waals surface area (Å²) in [4.78, 5) is 0. The van der Waals surface area contributed by atoms with Crippen molar-refractivity contribution in [2.75, 3.05) is 25.2 Å². The minimum Gasteiger partial charge on any atom is -0.374 e. The van der Waals surface area contributed by atoms with Crippen molar-refractivity contribution in [2.45, 2.75) is 37.8 Å². The van der Waals surface area contributed by atoms with Crippen LogP contribution in [-0.4, -0.2) is 30.8 Å². The van der Waals surface area contributed by atoms with Gasteiger partial charge in [0.1, 0.15) is 5.82 Å². The highest BCUT2D eigenvalue weighted by molar-refractivity contribution is 7.99. The molecule has 2 aliphatic heterocycles. The number of rotatable bonds is 3. The fraction of sp³-hybridized carbons (Fsp3) is 0.647. The Morgan fingerprint density at radius 2 is 2.29 bits per heavy atom. The number of aryl methyl sites for hydroxylation is 1. The maximum Gasteiger partial charge on any atom is 0.123 e.